The molecule has 7 nitrogen and oxygen atoms in total. The SMILES string of the molecule is CCOC(=O)C1=C(C)Nc2nc(-c3ccccc3OC)nn2[C@H]1c1ccc(Cl)cc1. The molecule has 4 rings (SSSR count). The summed E-state index contributed by atoms with van der Waals surface area (Å²) in [6.07, 6.45) is 0. The summed E-state index contributed by atoms with van der Waals surface area (Å²) >= 11 is 6.08. The summed E-state index contributed by atoms with van der Waals surface area (Å²) in [7, 11) is 1.61. The number of hydrogen-bond donors (Lipinski definition) is 1. The molecule has 1 aliphatic heterocycles. The third-order valence-corrected chi connectivity index (χ3v) is 5.13. The Morgan fingerprint density at radius 3 is 2.63 bits per heavy atom. The second-order valence-electron chi connectivity index (χ2n) is 6.74. The van der Waals surface area contributed by atoms with Gasteiger partial charge in [0.25, 0.3) is 0 Å². The second kappa shape index (κ2) is 8.20. The van der Waals surface area contributed by atoms with Gasteiger partial charge >= 0.3 is 5.97 Å². The number of anilines is 1. The Bertz CT molecular complexity index is 1120. The highest BCUT2D eigenvalue weighted by atomic mass is 35.5. The van der Waals surface area contributed by atoms with E-state index in [2.05, 4.69) is 10.3 Å². The number of methoxy groups -OCH3 is 1. The minimum atomic E-state index is -0.506. The molecule has 2 heterocycles. The monoisotopic (exact) mass is 424 g/mol. The maximum Gasteiger partial charge on any atom is 0.338 e. The standard InChI is InChI=1S/C22H21ClN4O3/c1-4-30-21(28)18-13(2)24-22-25-20(16-7-5-6-8-17(16)29-3)26-27(22)19(18)14-9-11-15(23)12-10-14/h5-12,19H,4H2,1-3H3,(H,24,25,26)/t19-/m0/s1. The van der Waals surface area contributed by atoms with Crippen LogP contribution in [0, 0.1) is 0 Å². The summed E-state index contributed by atoms with van der Waals surface area (Å²) < 4.78 is 12.5. The lowest BCUT2D eigenvalue weighted by molar-refractivity contribution is -0.139. The number of rotatable bonds is 5. The number of ether oxygens (including phenoxy) is 2. The van der Waals surface area contributed by atoms with Crippen molar-refractivity contribution in [3.05, 3.63) is 70.4 Å². The van der Waals surface area contributed by atoms with Gasteiger partial charge in [-0.25, -0.2) is 9.48 Å². The summed E-state index contributed by atoms with van der Waals surface area (Å²) in [4.78, 5) is 17.5. The molecule has 0 bridgehead atoms. The van der Waals surface area contributed by atoms with Crippen molar-refractivity contribution < 1.29 is 14.3 Å². The van der Waals surface area contributed by atoms with Crippen molar-refractivity contribution in [2.45, 2.75) is 19.9 Å². The van der Waals surface area contributed by atoms with Gasteiger partial charge in [-0.1, -0.05) is 35.9 Å². The molecule has 0 saturated heterocycles. The highest BCUT2D eigenvalue weighted by molar-refractivity contribution is 6.30. The van der Waals surface area contributed by atoms with Crippen molar-refractivity contribution in [3.8, 4) is 17.1 Å². The third-order valence-electron chi connectivity index (χ3n) is 4.88. The number of esters is 1. The number of halogens is 1. The van der Waals surface area contributed by atoms with Gasteiger partial charge in [0.2, 0.25) is 5.95 Å². The zero-order valence-electron chi connectivity index (χ0n) is 16.8. The molecule has 0 fully saturated rings. The van der Waals surface area contributed by atoms with Crippen LogP contribution in [-0.4, -0.2) is 34.5 Å². The predicted octanol–water partition coefficient (Wildman–Crippen LogP) is 4.46. The molecule has 0 radical (unpaired) electrons. The Labute approximate surface area is 179 Å². The maximum absolute atomic E-state index is 12.8. The van der Waals surface area contributed by atoms with Crippen LogP contribution < -0.4 is 10.1 Å². The first-order valence-corrected chi connectivity index (χ1v) is 9.91. The van der Waals surface area contributed by atoms with Crippen LogP contribution in [0.1, 0.15) is 25.5 Å². The van der Waals surface area contributed by atoms with E-state index >= 15 is 0 Å². The van der Waals surface area contributed by atoms with E-state index in [-0.39, 0.29) is 6.61 Å². The van der Waals surface area contributed by atoms with E-state index in [9.17, 15) is 4.79 Å². The Morgan fingerprint density at radius 1 is 1.20 bits per heavy atom. The molecule has 1 atom stereocenters. The molecular weight excluding hydrogens is 404 g/mol. The quantitative estimate of drug-likeness (QED) is 0.609. The molecule has 0 amide bonds. The van der Waals surface area contributed by atoms with E-state index in [0.29, 0.717) is 33.8 Å². The van der Waals surface area contributed by atoms with Crippen molar-refractivity contribution in [1.29, 1.82) is 0 Å². The number of carbonyl (C=O) groups is 1. The smallest absolute Gasteiger partial charge is 0.338 e. The summed E-state index contributed by atoms with van der Waals surface area (Å²) in [6.45, 7) is 3.89. The summed E-state index contributed by atoms with van der Waals surface area (Å²) in [6, 6.07) is 14.3. The number of aromatic nitrogens is 3. The number of carbonyl (C=O) groups excluding carboxylic acids is 1. The maximum atomic E-state index is 12.8. The number of benzene rings is 2. The highest BCUT2D eigenvalue weighted by Crippen LogP contribution is 2.38. The molecule has 3 aromatic rings. The van der Waals surface area contributed by atoms with E-state index < -0.39 is 12.0 Å². The second-order valence-corrected chi connectivity index (χ2v) is 7.18. The van der Waals surface area contributed by atoms with Gasteiger partial charge in [0, 0.05) is 10.7 Å². The van der Waals surface area contributed by atoms with Gasteiger partial charge < -0.3 is 14.8 Å². The predicted molar refractivity (Wildman–Crippen MR) is 115 cm³/mol. The third kappa shape index (κ3) is 3.52. The van der Waals surface area contributed by atoms with Crippen LogP contribution in [0.3, 0.4) is 0 Å². The van der Waals surface area contributed by atoms with Crippen molar-refractivity contribution in [2.75, 3.05) is 19.0 Å². The van der Waals surface area contributed by atoms with Gasteiger partial charge in [-0.05, 0) is 43.7 Å². The molecule has 0 spiro atoms. The Balaban J connectivity index is 1.87. The molecule has 1 N–H and O–H groups in total. The summed E-state index contributed by atoms with van der Waals surface area (Å²) in [5.41, 5.74) is 2.75. The van der Waals surface area contributed by atoms with E-state index in [0.717, 1.165) is 11.1 Å². The number of nitrogens with zero attached hydrogens (tertiary/aromatic N) is 3. The van der Waals surface area contributed by atoms with Crippen LogP contribution in [-0.2, 0) is 9.53 Å². The molecule has 30 heavy (non-hydrogen) atoms. The molecule has 0 aliphatic carbocycles. The van der Waals surface area contributed by atoms with Crippen LogP contribution in [0.15, 0.2) is 59.8 Å². The molecule has 0 saturated carbocycles. The van der Waals surface area contributed by atoms with Gasteiger partial charge in [0.05, 0.1) is 24.9 Å². The lowest BCUT2D eigenvalue weighted by Gasteiger charge is -2.28. The number of allylic oxidation sites excluding steroid dienone is 1. The number of para-hydroxylation sites is 1. The number of fused-ring (bicyclic) bond motifs is 1. The fraction of sp³-hybridized carbons (Fsp3) is 0.227. The first-order valence-electron chi connectivity index (χ1n) is 9.53. The van der Waals surface area contributed by atoms with Crippen molar-refractivity contribution in [3.63, 3.8) is 0 Å². The Kier molecular flexibility index (Phi) is 5.46. The topological polar surface area (TPSA) is 78.3 Å². The number of hydrogen-bond acceptors (Lipinski definition) is 6. The van der Waals surface area contributed by atoms with E-state index in [1.165, 1.54) is 0 Å². The fourth-order valence-corrected chi connectivity index (χ4v) is 3.65. The zero-order valence-corrected chi connectivity index (χ0v) is 17.6. The highest BCUT2D eigenvalue weighted by Gasteiger charge is 2.35. The average molecular weight is 425 g/mol. The van der Waals surface area contributed by atoms with Gasteiger partial charge in [-0.15, -0.1) is 5.10 Å². The molecule has 1 aliphatic rings. The van der Waals surface area contributed by atoms with E-state index in [1.807, 2.05) is 43.3 Å². The molecule has 1 aromatic heterocycles. The minimum Gasteiger partial charge on any atom is -0.496 e. The van der Waals surface area contributed by atoms with Crippen molar-refractivity contribution in [2.24, 2.45) is 0 Å². The molecule has 154 valence electrons. The van der Waals surface area contributed by atoms with Gasteiger partial charge in [-0.2, -0.15) is 4.98 Å². The Hall–Kier alpha value is -3.32. The first kappa shape index (κ1) is 20.0. The normalized spacial score (nSPS) is 15.4. The first-order chi connectivity index (χ1) is 14.5. The van der Waals surface area contributed by atoms with Crippen LogP contribution in [0.5, 0.6) is 5.75 Å². The van der Waals surface area contributed by atoms with Crippen LogP contribution in [0.2, 0.25) is 5.02 Å². The fourth-order valence-electron chi connectivity index (χ4n) is 3.52. The van der Waals surface area contributed by atoms with Crippen LogP contribution >= 0.6 is 11.6 Å². The van der Waals surface area contributed by atoms with Crippen LogP contribution in [0.25, 0.3) is 11.4 Å². The lowest BCUT2D eigenvalue weighted by atomic mass is 9.96. The van der Waals surface area contributed by atoms with Gasteiger partial charge in [-0.3, -0.25) is 0 Å². The molecule has 2 aromatic carbocycles. The summed E-state index contributed by atoms with van der Waals surface area (Å²) in [5.74, 6) is 1.29. The number of nitrogens with one attached hydrogen (secondary N) is 1. The average Bonchev–Trinajstić information content (AvgIpc) is 3.17. The molecule has 0 unspecified atom stereocenters. The van der Waals surface area contributed by atoms with E-state index in [4.69, 9.17) is 26.2 Å². The van der Waals surface area contributed by atoms with Crippen LogP contribution in [0.4, 0.5) is 5.95 Å². The van der Waals surface area contributed by atoms with Gasteiger partial charge in [0.15, 0.2) is 5.82 Å². The minimum absolute atomic E-state index is 0.277. The Morgan fingerprint density at radius 2 is 1.93 bits per heavy atom. The molecular formula is C22H21ClN4O3. The lowest BCUT2D eigenvalue weighted by Crippen LogP contribution is -2.29. The van der Waals surface area contributed by atoms with Crippen molar-refractivity contribution >= 4 is 23.5 Å². The largest absolute Gasteiger partial charge is 0.496 e. The molecule has 8 heteroatoms. The van der Waals surface area contributed by atoms with Gasteiger partial charge in [0.1, 0.15) is 11.8 Å². The zero-order chi connectivity index (χ0) is 21.3. The summed E-state index contributed by atoms with van der Waals surface area (Å²) in [5, 5.41) is 8.53. The van der Waals surface area contributed by atoms with Crippen molar-refractivity contribution in [1.82, 2.24) is 14.8 Å². The van der Waals surface area contributed by atoms with E-state index in [1.54, 1.807) is 30.8 Å².